The smallest absolute Gasteiger partial charge is 0.276 e. The van der Waals surface area contributed by atoms with Crippen LogP contribution in [0.25, 0.3) is 11.2 Å². The van der Waals surface area contributed by atoms with Gasteiger partial charge in [0.2, 0.25) is 5.16 Å². The fraction of sp³-hybridized carbons (Fsp3) is 0. The van der Waals surface area contributed by atoms with E-state index in [4.69, 9.17) is 5.14 Å². The summed E-state index contributed by atoms with van der Waals surface area (Å²) < 4.78 is 21.7. The molecule has 74 valence electrons. The molecular formula is C5H5N5O3S. The summed E-state index contributed by atoms with van der Waals surface area (Å²) in [6.07, 6.45) is 1.12. The zero-order valence-electron chi connectivity index (χ0n) is 6.68. The van der Waals surface area contributed by atoms with Crippen molar-refractivity contribution in [3.63, 3.8) is 0 Å². The molecule has 0 radical (unpaired) electrons. The Hall–Kier alpha value is -1.74. The van der Waals surface area contributed by atoms with E-state index in [1.807, 2.05) is 0 Å². The second-order valence-electron chi connectivity index (χ2n) is 2.52. The lowest BCUT2D eigenvalue weighted by molar-refractivity contribution is 0.591. The van der Waals surface area contributed by atoms with Crippen molar-refractivity contribution in [3.05, 3.63) is 16.7 Å². The van der Waals surface area contributed by atoms with Gasteiger partial charge in [0.1, 0.15) is 0 Å². The molecule has 8 nitrogen and oxygen atoms in total. The van der Waals surface area contributed by atoms with E-state index in [0.717, 1.165) is 6.33 Å². The Bertz CT molecular complexity index is 639. The van der Waals surface area contributed by atoms with Crippen molar-refractivity contribution in [1.82, 2.24) is 19.9 Å². The summed E-state index contributed by atoms with van der Waals surface area (Å²) >= 11 is 0. The molecule has 14 heavy (non-hydrogen) atoms. The number of nitrogens with two attached hydrogens (primary N) is 1. The largest absolute Gasteiger partial charge is 0.322 e. The first-order chi connectivity index (χ1) is 6.48. The number of hydrogen-bond donors (Lipinski definition) is 3. The van der Waals surface area contributed by atoms with Crippen molar-refractivity contribution in [2.45, 2.75) is 5.16 Å². The van der Waals surface area contributed by atoms with E-state index in [2.05, 4.69) is 19.9 Å². The normalized spacial score (nSPS) is 12.1. The van der Waals surface area contributed by atoms with Gasteiger partial charge in [-0.2, -0.15) is 4.98 Å². The summed E-state index contributed by atoms with van der Waals surface area (Å²) in [5.74, 6) is 0. The van der Waals surface area contributed by atoms with E-state index in [1.54, 1.807) is 0 Å². The van der Waals surface area contributed by atoms with Crippen LogP contribution < -0.4 is 10.7 Å². The number of aromatic amines is 2. The Kier molecular flexibility index (Phi) is 1.66. The number of H-pyrrole nitrogens is 2. The average Bonchev–Trinajstić information content (AvgIpc) is 2.48. The standard InChI is InChI=1S/C5H5N5O3S/c6-14(12,13)5-9-2-3(10-5)7-1-8-4(2)11/h1H,(H2,6,12,13)(H2,7,8,9,10,11). The maximum absolute atomic E-state index is 11.1. The molecule has 0 atom stereocenters. The summed E-state index contributed by atoms with van der Waals surface area (Å²) in [4.78, 5) is 22.9. The maximum atomic E-state index is 11.1. The lowest BCUT2D eigenvalue weighted by Crippen LogP contribution is -2.14. The molecule has 0 aliphatic rings. The molecule has 2 aromatic rings. The van der Waals surface area contributed by atoms with Crippen LogP contribution in [-0.4, -0.2) is 28.4 Å². The van der Waals surface area contributed by atoms with Crippen molar-refractivity contribution in [3.8, 4) is 0 Å². The van der Waals surface area contributed by atoms with Gasteiger partial charge in [-0.3, -0.25) is 4.79 Å². The number of primary sulfonamides is 1. The lowest BCUT2D eigenvalue weighted by Gasteiger charge is -1.86. The molecule has 0 aliphatic carbocycles. The van der Waals surface area contributed by atoms with Gasteiger partial charge in [-0.1, -0.05) is 0 Å². The Balaban J connectivity index is 2.88. The first kappa shape index (κ1) is 8.84. The minimum atomic E-state index is -3.94. The van der Waals surface area contributed by atoms with E-state index in [9.17, 15) is 13.2 Å². The summed E-state index contributed by atoms with van der Waals surface area (Å²) in [7, 11) is -3.94. The van der Waals surface area contributed by atoms with E-state index in [1.165, 1.54) is 0 Å². The molecule has 2 aromatic heterocycles. The maximum Gasteiger partial charge on any atom is 0.276 e. The second kappa shape index (κ2) is 2.62. The molecule has 0 aromatic carbocycles. The predicted molar refractivity (Wildman–Crippen MR) is 45.9 cm³/mol. The molecule has 0 unspecified atom stereocenters. The van der Waals surface area contributed by atoms with Crippen LogP contribution in [0.5, 0.6) is 0 Å². The van der Waals surface area contributed by atoms with E-state index < -0.39 is 20.7 Å². The van der Waals surface area contributed by atoms with Gasteiger partial charge in [-0.25, -0.2) is 18.5 Å². The molecule has 0 saturated heterocycles. The molecule has 4 N–H and O–H groups in total. The van der Waals surface area contributed by atoms with Crippen molar-refractivity contribution in [2.75, 3.05) is 0 Å². The molecule has 2 heterocycles. The highest BCUT2D eigenvalue weighted by atomic mass is 32.2. The Morgan fingerprint density at radius 3 is 2.71 bits per heavy atom. The number of hydrogen-bond acceptors (Lipinski definition) is 5. The number of nitrogens with one attached hydrogen (secondary N) is 2. The van der Waals surface area contributed by atoms with Gasteiger partial charge in [-0.05, 0) is 0 Å². The van der Waals surface area contributed by atoms with Crippen LogP contribution in [0.15, 0.2) is 16.3 Å². The van der Waals surface area contributed by atoms with Gasteiger partial charge in [-0.15, -0.1) is 0 Å². The van der Waals surface area contributed by atoms with Crippen LogP contribution in [0, 0.1) is 0 Å². The third kappa shape index (κ3) is 1.28. The molecule has 0 spiro atoms. The number of fused-ring (bicyclic) bond motifs is 1. The van der Waals surface area contributed by atoms with Gasteiger partial charge in [0.15, 0.2) is 11.2 Å². The molecule has 0 fully saturated rings. The molecule has 0 amide bonds. The van der Waals surface area contributed by atoms with E-state index >= 15 is 0 Å². The molecule has 0 aliphatic heterocycles. The summed E-state index contributed by atoms with van der Waals surface area (Å²) in [5.41, 5.74) is -0.508. The topological polar surface area (TPSA) is 135 Å². The van der Waals surface area contributed by atoms with Crippen LogP contribution in [0.1, 0.15) is 0 Å². The third-order valence-corrected chi connectivity index (χ3v) is 2.27. The minimum Gasteiger partial charge on any atom is -0.322 e. The van der Waals surface area contributed by atoms with Gasteiger partial charge in [0.05, 0.1) is 6.33 Å². The number of sulfonamides is 1. The zero-order chi connectivity index (χ0) is 10.3. The van der Waals surface area contributed by atoms with Gasteiger partial charge < -0.3 is 9.97 Å². The van der Waals surface area contributed by atoms with Crippen molar-refractivity contribution < 1.29 is 8.42 Å². The van der Waals surface area contributed by atoms with Crippen LogP contribution in [-0.2, 0) is 10.0 Å². The summed E-state index contributed by atoms with van der Waals surface area (Å²) in [6, 6.07) is 0. The van der Waals surface area contributed by atoms with E-state index in [0.29, 0.717) is 0 Å². The average molecular weight is 215 g/mol. The second-order valence-corrected chi connectivity index (χ2v) is 3.99. The molecule has 2 rings (SSSR count). The lowest BCUT2D eigenvalue weighted by atomic mass is 10.6. The van der Waals surface area contributed by atoms with Crippen LogP contribution in [0.4, 0.5) is 0 Å². The third-order valence-electron chi connectivity index (χ3n) is 1.54. The summed E-state index contributed by atoms with van der Waals surface area (Å²) in [5, 5.41) is 4.33. The predicted octanol–water partition coefficient (Wildman–Crippen LogP) is -1.71. The monoisotopic (exact) mass is 215 g/mol. The van der Waals surface area contributed by atoms with Gasteiger partial charge >= 0.3 is 0 Å². The van der Waals surface area contributed by atoms with Gasteiger partial charge in [0.25, 0.3) is 15.6 Å². The number of imidazole rings is 1. The number of rotatable bonds is 1. The quantitative estimate of drug-likeness (QED) is 0.520. The van der Waals surface area contributed by atoms with E-state index in [-0.39, 0.29) is 11.2 Å². The highest BCUT2D eigenvalue weighted by Gasteiger charge is 2.15. The first-order valence-corrected chi connectivity index (χ1v) is 4.99. The fourth-order valence-corrected chi connectivity index (χ4v) is 1.41. The number of nitrogens with zero attached hydrogens (tertiary/aromatic N) is 2. The Morgan fingerprint density at radius 1 is 1.43 bits per heavy atom. The summed E-state index contributed by atoms with van der Waals surface area (Å²) in [6.45, 7) is 0. The SMILES string of the molecule is NS(=O)(=O)c1nc2nc[nH]c(=O)c2[nH]1. The minimum absolute atomic E-state index is 0.0118. The van der Waals surface area contributed by atoms with Crippen LogP contribution >= 0.6 is 0 Å². The molecular weight excluding hydrogens is 210 g/mol. The van der Waals surface area contributed by atoms with Crippen LogP contribution in [0.3, 0.4) is 0 Å². The zero-order valence-corrected chi connectivity index (χ0v) is 7.50. The first-order valence-electron chi connectivity index (χ1n) is 3.44. The Morgan fingerprint density at radius 2 is 2.14 bits per heavy atom. The van der Waals surface area contributed by atoms with Crippen molar-refractivity contribution >= 4 is 21.2 Å². The highest BCUT2D eigenvalue weighted by molar-refractivity contribution is 7.89. The number of aromatic nitrogens is 4. The fourth-order valence-electron chi connectivity index (χ4n) is 0.954. The molecule has 0 saturated carbocycles. The van der Waals surface area contributed by atoms with Crippen LogP contribution in [0.2, 0.25) is 0 Å². The molecule has 0 bridgehead atoms. The van der Waals surface area contributed by atoms with Gasteiger partial charge in [0, 0.05) is 0 Å². The highest BCUT2D eigenvalue weighted by Crippen LogP contribution is 2.05. The van der Waals surface area contributed by atoms with Crippen molar-refractivity contribution in [2.24, 2.45) is 5.14 Å². The Labute approximate surface area is 77.2 Å². The van der Waals surface area contributed by atoms with Crippen molar-refractivity contribution in [1.29, 1.82) is 0 Å². The molecule has 9 heteroatoms.